The van der Waals surface area contributed by atoms with Gasteiger partial charge in [0.25, 0.3) is 0 Å². The summed E-state index contributed by atoms with van der Waals surface area (Å²) in [5.41, 5.74) is 0.417. The lowest BCUT2D eigenvalue weighted by molar-refractivity contribution is -0.111. The van der Waals surface area contributed by atoms with Gasteiger partial charge in [0.15, 0.2) is 9.84 Å². The SMILES string of the molecule is CS(=O)(=O)c1cccc(NC(=O)/C=C/c2sc3ccccc3c2Cl)c1. The maximum atomic E-state index is 12.1. The van der Waals surface area contributed by atoms with Crippen molar-refractivity contribution in [1.82, 2.24) is 0 Å². The number of halogens is 1. The monoisotopic (exact) mass is 391 g/mol. The highest BCUT2D eigenvalue weighted by Crippen LogP contribution is 2.35. The molecule has 0 aliphatic rings. The van der Waals surface area contributed by atoms with Crippen LogP contribution in [0.1, 0.15) is 4.88 Å². The van der Waals surface area contributed by atoms with Gasteiger partial charge >= 0.3 is 0 Å². The summed E-state index contributed by atoms with van der Waals surface area (Å²) in [5, 5.41) is 4.22. The highest BCUT2D eigenvalue weighted by molar-refractivity contribution is 7.90. The van der Waals surface area contributed by atoms with Gasteiger partial charge in [0.1, 0.15) is 0 Å². The molecule has 7 heteroatoms. The fraction of sp³-hybridized carbons (Fsp3) is 0.0556. The molecule has 25 heavy (non-hydrogen) atoms. The van der Waals surface area contributed by atoms with Crippen molar-refractivity contribution in [3.05, 3.63) is 64.5 Å². The number of carbonyl (C=O) groups is 1. The number of thiophene rings is 1. The van der Waals surface area contributed by atoms with Gasteiger partial charge in [-0.15, -0.1) is 11.3 Å². The van der Waals surface area contributed by atoms with Crippen LogP contribution in [-0.4, -0.2) is 20.6 Å². The van der Waals surface area contributed by atoms with Gasteiger partial charge < -0.3 is 5.32 Å². The first kappa shape index (κ1) is 17.7. The predicted octanol–water partition coefficient (Wildman–Crippen LogP) is 4.61. The molecule has 0 bridgehead atoms. The van der Waals surface area contributed by atoms with Crippen molar-refractivity contribution >= 4 is 60.5 Å². The van der Waals surface area contributed by atoms with Gasteiger partial charge in [-0.1, -0.05) is 35.9 Å². The van der Waals surface area contributed by atoms with Crippen molar-refractivity contribution in [1.29, 1.82) is 0 Å². The average molecular weight is 392 g/mol. The summed E-state index contributed by atoms with van der Waals surface area (Å²) in [5.74, 6) is -0.362. The maximum absolute atomic E-state index is 12.1. The second kappa shape index (κ2) is 7.00. The lowest BCUT2D eigenvalue weighted by Crippen LogP contribution is -2.08. The van der Waals surface area contributed by atoms with Gasteiger partial charge in [0.05, 0.1) is 9.92 Å². The van der Waals surface area contributed by atoms with E-state index in [1.807, 2.05) is 24.3 Å². The number of amides is 1. The lowest BCUT2D eigenvalue weighted by Gasteiger charge is -2.04. The number of fused-ring (bicyclic) bond motifs is 1. The van der Waals surface area contributed by atoms with Gasteiger partial charge in [-0.2, -0.15) is 0 Å². The van der Waals surface area contributed by atoms with Crippen LogP contribution >= 0.6 is 22.9 Å². The fourth-order valence-electron chi connectivity index (χ4n) is 2.28. The van der Waals surface area contributed by atoms with Gasteiger partial charge in [0.2, 0.25) is 5.91 Å². The Kier molecular flexibility index (Phi) is 4.94. The second-order valence-corrected chi connectivity index (χ2v) is 8.88. The molecule has 0 atom stereocenters. The van der Waals surface area contributed by atoms with Gasteiger partial charge in [0, 0.05) is 33.0 Å². The summed E-state index contributed by atoms with van der Waals surface area (Å²) in [6, 6.07) is 13.9. The van der Waals surface area contributed by atoms with E-state index in [1.54, 1.807) is 18.2 Å². The van der Waals surface area contributed by atoms with Gasteiger partial charge in [-0.3, -0.25) is 4.79 Å². The van der Waals surface area contributed by atoms with E-state index in [-0.39, 0.29) is 10.8 Å². The topological polar surface area (TPSA) is 63.2 Å². The van der Waals surface area contributed by atoms with Crippen molar-refractivity contribution in [3.8, 4) is 0 Å². The first-order chi connectivity index (χ1) is 11.8. The van der Waals surface area contributed by atoms with Crippen molar-refractivity contribution < 1.29 is 13.2 Å². The maximum Gasteiger partial charge on any atom is 0.248 e. The van der Waals surface area contributed by atoms with E-state index in [9.17, 15) is 13.2 Å². The second-order valence-electron chi connectivity index (χ2n) is 5.40. The minimum atomic E-state index is -3.32. The summed E-state index contributed by atoms with van der Waals surface area (Å²) < 4.78 is 24.2. The number of benzene rings is 2. The van der Waals surface area contributed by atoms with Crippen molar-refractivity contribution in [2.24, 2.45) is 0 Å². The Bertz CT molecular complexity index is 1080. The standard InChI is InChI=1S/C18H14ClNO3S2/c1-25(22,23)13-6-4-5-12(11-13)20-17(21)10-9-16-18(19)14-7-2-3-8-15(14)24-16/h2-11H,1H3,(H,20,21)/b10-9+. The average Bonchev–Trinajstić information content (AvgIpc) is 2.89. The summed E-state index contributed by atoms with van der Waals surface area (Å²) >= 11 is 7.83. The number of nitrogens with one attached hydrogen (secondary N) is 1. The molecule has 0 unspecified atom stereocenters. The number of anilines is 1. The quantitative estimate of drug-likeness (QED) is 0.660. The largest absolute Gasteiger partial charge is 0.322 e. The first-order valence-corrected chi connectivity index (χ1v) is 10.4. The number of rotatable bonds is 4. The molecular formula is C18H14ClNO3S2. The Morgan fingerprint density at radius 1 is 1.16 bits per heavy atom. The Balaban J connectivity index is 1.78. The lowest BCUT2D eigenvalue weighted by atomic mass is 10.2. The third kappa shape index (κ3) is 4.10. The van der Waals surface area contributed by atoms with Crippen molar-refractivity contribution in [2.75, 3.05) is 11.6 Å². The summed E-state index contributed by atoms with van der Waals surface area (Å²) in [6.07, 6.45) is 4.16. The molecule has 0 aliphatic carbocycles. The van der Waals surface area contributed by atoms with Crippen LogP contribution in [-0.2, 0) is 14.6 Å². The number of hydrogen-bond donors (Lipinski definition) is 1. The van der Waals surface area contributed by atoms with E-state index in [1.165, 1.54) is 29.5 Å². The molecule has 2 aromatic carbocycles. The van der Waals surface area contributed by atoms with E-state index < -0.39 is 9.84 Å². The molecule has 0 fully saturated rings. The summed E-state index contributed by atoms with van der Waals surface area (Å²) in [7, 11) is -3.32. The molecule has 0 spiro atoms. The van der Waals surface area contributed by atoms with E-state index in [0.29, 0.717) is 10.7 Å². The fourth-order valence-corrected chi connectivity index (χ4v) is 4.35. The van der Waals surface area contributed by atoms with Crippen LogP contribution in [0.5, 0.6) is 0 Å². The van der Waals surface area contributed by atoms with E-state index in [4.69, 9.17) is 11.6 Å². The van der Waals surface area contributed by atoms with E-state index in [0.717, 1.165) is 21.2 Å². The van der Waals surface area contributed by atoms with Crippen LogP contribution in [0, 0.1) is 0 Å². The highest BCUT2D eigenvalue weighted by Gasteiger charge is 2.09. The Morgan fingerprint density at radius 3 is 2.64 bits per heavy atom. The zero-order chi connectivity index (χ0) is 18.0. The van der Waals surface area contributed by atoms with Gasteiger partial charge in [-0.05, 0) is 30.3 Å². The number of carbonyl (C=O) groups excluding carboxylic acids is 1. The minimum Gasteiger partial charge on any atom is -0.322 e. The van der Waals surface area contributed by atoms with Crippen molar-refractivity contribution in [3.63, 3.8) is 0 Å². The molecule has 0 aliphatic heterocycles. The molecule has 1 N–H and O–H groups in total. The zero-order valence-electron chi connectivity index (χ0n) is 13.2. The van der Waals surface area contributed by atoms with Crippen LogP contribution in [0.25, 0.3) is 16.2 Å². The Hall–Kier alpha value is -2.15. The molecule has 0 saturated heterocycles. The van der Waals surface area contributed by atoms with E-state index in [2.05, 4.69) is 5.32 Å². The zero-order valence-corrected chi connectivity index (χ0v) is 15.6. The molecule has 3 aromatic rings. The molecule has 4 nitrogen and oxygen atoms in total. The van der Waals surface area contributed by atoms with Gasteiger partial charge in [-0.25, -0.2) is 8.42 Å². The van der Waals surface area contributed by atoms with E-state index >= 15 is 0 Å². The molecule has 1 amide bonds. The third-order valence-corrected chi connectivity index (χ3v) is 6.24. The predicted molar refractivity (Wildman–Crippen MR) is 104 cm³/mol. The Morgan fingerprint density at radius 2 is 1.92 bits per heavy atom. The molecule has 0 saturated carbocycles. The number of sulfone groups is 1. The van der Waals surface area contributed by atoms with Crippen LogP contribution in [0.15, 0.2) is 59.5 Å². The smallest absolute Gasteiger partial charge is 0.248 e. The molecule has 0 radical (unpaired) electrons. The molecular weight excluding hydrogens is 378 g/mol. The van der Waals surface area contributed by atoms with Crippen LogP contribution in [0.3, 0.4) is 0 Å². The summed E-state index contributed by atoms with van der Waals surface area (Å²) in [6.45, 7) is 0. The number of hydrogen-bond acceptors (Lipinski definition) is 4. The van der Waals surface area contributed by atoms with Crippen LogP contribution < -0.4 is 5.32 Å². The minimum absolute atomic E-state index is 0.154. The molecule has 128 valence electrons. The molecule has 1 heterocycles. The normalized spacial score (nSPS) is 11.9. The van der Waals surface area contributed by atoms with Crippen molar-refractivity contribution in [2.45, 2.75) is 4.90 Å². The molecule has 3 rings (SSSR count). The molecule has 1 aromatic heterocycles. The highest BCUT2D eigenvalue weighted by atomic mass is 35.5. The van der Waals surface area contributed by atoms with Crippen LogP contribution in [0.4, 0.5) is 5.69 Å². The Labute approximate surface area is 154 Å². The first-order valence-electron chi connectivity index (χ1n) is 7.31. The summed E-state index contributed by atoms with van der Waals surface area (Å²) in [4.78, 5) is 13.0. The van der Waals surface area contributed by atoms with Crippen LogP contribution in [0.2, 0.25) is 5.02 Å². The third-order valence-electron chi connectivity index (χ3n) is 3.48.